The number of nitrogens with zero attached hydrogens (tertiary/aromatic N) is 3. The summed E-state index contributed by atoms with van der Waals surface area (Å²) in [6.07, 6.45) is 8.38. The van der Waals surface area contributed by atoms with Crippen molar-refractivity contribution in [3.8, 4) is 0 Å². The van der Waals surface area contributed by atoms with Gasteiger partial charge in [-0.1, -0.05) is 57.0 Å². The number of fused-ring (bicyclic) bond motifs is 1. The molecule has 3 aliphatic heterocycles. The standard InChI is InChI=1S/C34H49N3O4S/c1-7-17-35(18-8-2)31(39)27-26-22-25(6)34(42-26)28(27)32(40)37(20-12-10-11-13-21-38)30(34)33(41)36(19-9-3)29-23(4)15-14-16-24(29)5/h7,9,14-16,25-28,30,38H,1,3,8,10-13,17-22H2,2,4-6H3/t25?,26-,27+,28+,30?,34?/m1/s1. The molecule has 1 spiro atoms. The molecule has 6 atom stereocenters. The highest BCUT2D eigenvalue weighted by molar-refractivity contribution is 8.02. The monoisotopic (exact) mass is 595 g/mol. The topological polar surface area (TPSA) is 81.2 Å². The average molecular weight is 596 g/mol. The number of thioether (sulfide) groups is 1. The van der Waals surface area contributed by atoms with Crippen LogP contribution >= 0.6 is 11.8 Å². The van der Waals surface area contributed by atoms with Crippen LogP contribution in [0.25, 0.3) is 0 Å². The van der Waals surface area contributed by atoms with Crippen LogP contribution in [0.3, 0.4) is 0 Å². The third kappa shape index (κ3) is 5.57. The molecule has 3 amide bonds. The fourth-order valence-electron chi connectivity index (χ4n) is 7.80. The number of para-hydroxylation sites is 1. The molecule has 3 fully saturated rings. The second kappa shape index (κ2) is 13.8. The van der Waals surface area contributed by atoms with Gasteiger partial charge in [0.05, 0.1) is 16.6 Å². The molecule has 2 bridgehead atoms. The summed E-state index contributed by atoms with van der Waals surface area (Å²) in [6, 6.07) is 5.37. The summed E-state index contributed by atoms with van der Waals surface area (Å²) < 4.78 is -0.660. The van der Waals surface area contributed by atoms with Crippen LogP contribution in [-0.2, 0) is 14.4 Å². The van der Waals surface area contributed by atoms with Gasteiger partial charge in [0.25, 0.3) is 5.91 Å². The Morgan fingerprint density at radius 2 is 1.76 bits per heavy atom. The maximum absolute atomic E-state index is 14.9. The minimum atomic E-state index is -0.660. The fourth-order valence-corrected chi connectivity index (χ4v) is 10.2. The number of anilines is 1. The summed E-state index contributed by atoms with van der Waals surface area (Å²) >= 11 is 1.74. The number of aliphatic hydroxyl groups excluding tert-OH is 1. The predicted octanol–water partition coefficient (Wildman–Crippen LogP) is 5.14. The molecule has 0 saturated carbocycles. The zero-order valence-electron chi connectivity index (χ0n) is 25.9. The van der Waals surface area contributed by atoms with Crippen molar-refractivity contribution in [2.45, 2.75) is 82.3 Å². The van der Waals surface area contributed by atoms with Crippen molar-refractivity contribution >= 4 is 35.2 Å². The minimum Gasteiger partial charge on any atom is -0.396 e. The van der Waals surface area contributed by atoms with Crippen LogP contribution < -0.4 is 4.90 Å². The molecule has 42 heavy (non-hydrogen) atoms. The van der Waals surface area contributed by atoms with Crippen LogP contribution in [0.4, 0.5) is 5.69 Å². The number of hydrogen-bond acceptors (Lipinski definition) is 5. The Morgan fingerprint density at radius 1 is 1.10 bits per heavy atom. The maximum atomic E-state index is 14.9. The van der Waals surface area contributed by atoms with E-state index in [1.54, 1.807) is 23.9 Å². The molecule has 1 aromatic rings. The van der Waals surface area contributed by atoms with E-state index < -0.39 is 22.6 Å². The Labute approximate surface area is 256 Å². The SMILES string of the molecule is C=CCN(CCC)C(=O)[C@@H]1[C@H]2C(=O)N(CCCCCCO)C(C(=O)N(CC=C)c3c(C)cccc3C)C23S[C@@H]1CC3C. The van der Waals surface area contributed by atoms with E-state index in [9.17, 15) is 19.5 Å². The van der Waals surface area contributed by atoms with E-state index in [0.29, 0.717) is 26.2 Å². The Bertz CT molecular complexity index is 1170. The molecule has 0 aromatic heterocycles. The highest BCUT2D eigenvalue weighted by Gasteiger charge is 2.76. The average Bonchev–Trinajstić information content (AvgIpc) is 3.55. The first-order valence-corrected chi connectivity index (χ1v) is 16.5. The zero-order chi connectivity index (χ0) is 30.6. The molecular weight excluding hydrogens is 546 g/mol. The lowest BCUT2D eigenvalue weighted by Gasteiger charge is -2.41. The van der Waals surface area contributed by atoms with Gasteiger partial charge in [-0.2, -0.15) is 0 Å². The van der Waals surface area contributed by atoms with Crippen molar-refractivity contribution < 1.29 is 19.5 Å². The van der Waals surface area contributed by atoms with Gasteiger partial charge < -0.3 is 19.8 Å². The number of rotatable bonds is 15. The molecule has 3 unspecified atom stereocenters. The van der Waals surface area contributed by atoms with Crippen molar-refractivity contribution in [2.75, 3.05) is 37.7 Å². The van der Waals surface area contributed by atoms with E-state index in [2.05, 4.69) is 27.0 Å². The summed E-state index contributed by atoms with van der Waals surface area (Å²) in [5.41, 5.74) is 2.88. The van der Waals surface area contributed by atoms with Crippen molar-refractivity contribution in [2.24, 2.45) is 17.8 Å². The largest absolute Gasteiger partial charge is 0.396 e. The van der Waals surface area contributed by atoms with E-state index in [4.69, 9.17) is 0 Å². The maximum Gasteiger partial charge on any atom is 0.251 e. The second-order valence-electron chi connectivity index (χ2n) is 12.3. The lowest BCUT2D eigenvalue weighted by Crippen LogP contribution is -2.58. The number of likely N-dealkylation sites (tertiary alicyclic amines) is 1. The third-order valence-corrected chi connectivity index (χ3v) is 11.6. The first kappa shape index (κ1) is 32.3. The normalized spacial score (nSPS) is 27.7. The van der Waals surface area contributed by atoms with Crippen LogP contribution in [0.2, 0.25) is 0 Å². The predicted molar refractivity (Wildman–Crippen MR) is 171 cm³/mol. The van der Waals surface area contributed by atoms with Crippen molar-refractivity contribution in [3.63, 3.8) is 0 Å². The van der Waals surface area contributed by atoms with Crippen molar-refractivity contribution in [1.29, 1.82) is 0 Å². The number of hydrogen-bond donors (Lipinski definition) is 1. The Balaban J connectivity index is 1.79. The summed E-state index contributed by atoms with van der Waals surface area (Å²) in [4.78, 5) is 49.1. The highest BCUT2D eigenvalue weighted by atomic mass is 32.2. The van der Waals surface area contributed by atoms with Crippen LogP contribution in [0.5, 0.6) is 0 Å². The molecule has 3 aliphatic rings. The number of aliphatic hydroxyl groups is 1. The smallest absolute Gasteiger partial charge is 0.251 e. The molecule has 1 N–H and O–H groups in total. The lowest BCUT2D eigenvalue weighted by molar-refractivity contribution is -0.144. The Hall–Kier alpha value is -2.58. The highest BCUT2D eigenvalue weighted by Crippen LogP contribution is 2.69. The fraction of sp³-hybridized carbons (Fsp3) is 0.618. The molecule has 4 rings (SSSR count). The zero-order valence-corrected chi connectivity index (χ0v) is 26.7. The summed E-state index contributed by atoms with van der Waals surface area (Å²) in [5.74, 6) is -0.957. The number of carbonyl (C=O) groups excluding carboxylic acids is 3. The van der Waals surface area contributed by atoms with Crippen LogP contribution in [0.1, 0.15) is 63.5 Å². The molecule has 3 heterocycles. The molecule has 3 saturated heterocycles. The quantitative estimate of drug-likeness (QED) is 0.224. The summed E-state index contributed by atoms with van der Waals surface area (Å²) in [7, 11) is 0. The van der Waals surface area contributed by atoms with E-state index in [1.807, 2.05) is 46.7 Å². The first-order valence-electron chi connectivity index (χ1n) is 15.7. The van der Waals surface area contributed by atoms with Gasteiger partial charge in [-0.05, 0) is 56.6 Å². The number of benzene rings is 1. The molecular formula is C34H49N3O4S. The van der Waals surface area contributed by atoms with Gasteiger partial charge in [-0.15, -0.1) is 24.9 Å². The number of amides is 3. The van der Waals surface area contributed by atoms with E-state index >= 15 is 0 Å². The van der Waals surface area contributed by atoms with Gasteiger partial charge >= 0.3 is 0 Å². The third-order valence-electron chi connectivity index (χ3n) is 9.51. The molecule has 7 nitrogen and oxygen atoms in total. The molecule has 230 valence electrons. The summed E-state index contributed by atoms with van der Waals surface area (Å²) in [6.45, 7) is 18.1. The number of carbonyl (C=O) groups is 3. The molecule has 1 aromatic carbocycles. The Morgan fingerprint density at radius 3 is 2.38 bits per heavy atom. The lowest BCUT2D eigenvalue weighted by atomic mass is 9.65. The number of aryl methyl sites for hydroxylation is 2. The van der Waals surface area contributed by atoms with E-state index in [1.165, 1.54) is 0 Å². The first-order chi connectivity index (χ1) is 20.2. The second-order valence-corrected chi connectivity index (χ2v) is 13.8. The molecule has 0 radical (unpaired) electrons. The minimum absolute atomic E-state index is 0.0145. The summed E-state index contributed by atoms with van der Waals surface area (Å²) in [5, 5.41) is 9.26. The van der Waals surface area contributed by atoms with Crippen molar-refractivity contribution in [1.82, 2.24) is 9.80 Å². The van der Waals surface area contributed by atoms with Gasteiger partial charge in [0, 0.05) is 43.7 Å². The van der Waals surface area contributed by atoms with Gasteiger partial charge in [-0.25, -0.2) is 0 Å². The molecule has 8 heteroatoms. The van der Waals surface area contributed by atoms with Gasteiger partial charge in [0.15, 0.2) is 0 Å². The van der Waals surface area contributed by atoms with Crippen LogP contribution in [0, 0.1) is 31.6 Å². The van der Waals surface area contributed by atoms with Gasteiger partial charge in [0.2, 0.25) is 11.8 Å². The van der Waals surface area contributed by atoms with Crippen LogP contribution in [-0.4, -0.2) is 81.5 Å². The van der Waals surface area contributed by atoms with Crippen LogP contribution in [0.15, 0.2) is 43.5 Å². The Kier molecular flexibility index (Phi) is 10.6. The number of unbranched alkanes of at least 4 members (excludes halogenated alkanes) is 3. The van der Waals surface area contributed by atoms with Crippen molar-refractivity contribution in [3.05, 3.63) is 54.6 Å². The molecule has 0 aliphatic carbocycles. The van der Waals surface area contributed by atoms with E-state index in [-0.39, 0.29) is 35.5 Å². The van der Waals surface area contributed by atoms with E-state index in [0.717, 1.165) is 55.3 Å². The van der Waals surface area contributed by atoms with Gasteiger partial charge in [-0.3, -0.25) is 14.4 Å². The van der Waals surface area contributed by atoms with Gasteiger partial charge in [0.1, 0.15) is 6.04 Å².